The van der Waals surface area contributed by atoms with Gasteiger partial charge in [-0.3, -0.25) is 0 Å². The predicted molar refractivity (Wildman–Crippen MR) is 50.8 cm³/mol. The summed E-state index contributed by atoms with van der Waals surface area (Å²) < 4.78 is 10.5. The lowest BCUT2D eigenvalue weighted by molar-refractivity contribution is 0.263. The normalized spacial score (nSPS) is 19.9. The van der Waals surface area contributed by atoms with Crippen LogP contribution in [0.5, 0.6) is 5.75 Å². The second-order valence-electron chi connectivity index (χ2n) is 3.28. The Kier molecular flexibility index (Phi) is 2.10. The van der Waals surface area contributed by atoms with E-state index in [4.69, 9.17) is 15.2 Å². The van der Waals surface area contributed by atoms with E-state index in [1.54, 1.807) is 0 Å². The van der Waals surface area contributed by atoms with Crippen LogP contribution in [-0.4, -0.2) is 19.3 Å². The van der Waals surface area contributed by atoms with Crippen molar-refractivity contribution < 1.29 is 9.47 Å². The van der Waals surface area contributed by atoms with Crippen molar-refractivity contribution in [2.45, 2.75) is 13.0 Å². The topological polar surface area (TPSA) is 47.8 Å². The highest BCUT2D eigenvalue weighted by Gasteiger charge is 2.22. The van der Waals surface area contributed by atoms with Gasteiger partial charge in [0.15, 0.2) is 0 Å². The minimum Gasteiger partial charge on any atom is -0.491 e. The summed E-state index contributed by atoms with van der Waals surface area (Å²) in [6, 6.07) is 5.68. The molecule has 3 nitrogen and oxygen atoms in total. The van der Waals surface area contributed by atoms with Crippen LogP contribution in [-0.2, 0) is 4.74 Å². The number of nitrogen functional groups attached to an aromatic ring is 1. The van der Waals surface area contributed by atoms with Gasteiger partial charge in [0.1, 0.15) is 18.5 Å². The quantitative estimate of drug-likeness (QED) is 0.563. The maximum atomic E-state index is 5.68. The molecule has 0 radical (unpaired) electrons. The van der Waals surface area contributed by atoms with Gasteiger partial charge in [-0.25, -0.2) is 0 Å². The standard InChI is InChI=1S/C10H13NO2/c1-7-4-8(2-3-10(7)11)12-5-9-6-13-9/h2-4,9H,5-6,11H2,1H3/t9-/m1/s1. The molecule has 0 aliphatic carbocycles. The smallest absolute Gasteiger partial charge is 0.119 e. The number of hydrogen-bond acceptors (Lipinski definition) is 3. The lowest BCUT2D eigenvalue weighted by Gasteiger charge is -2.06. The Morgan fingerprint density at radius 2 is 2.38 bits per heavy atom. The van der Waals surface area contributed by atoms with Gasteiger partial charge < -0.3 is 15.2 Å². The molecule has 2 rings (SSSR count). The molecule has 3 heteroatoms. The third-order valence-electron chi connectivity index (χ3n) is 2.08. The first-order valence-electron chi connectivity index (χ1n) is 4.36. The lowest BCUT2D eigenvalue weighted by atomic mass is 10.2. The van der Waals surface area contributed by atoms with Gasteiger partial charge in [-0.05, 0) is 30.7 Å². The summed E-state index contributed by atoms with van der Waals surface area (Å²) in [5.41, 5.74) is 7.53. The Hall–Kier alpha value is -1.22. The van der Waals surface area contributed by atoms with E-state index in [1.807, 2.05) is 25.1 Å². The Bertz CT molecular complexity index is 308. The number of anilines is 1. The molecule has 0 unspecified atom stereocenters. The van der Waals surface area contributed by atoms with Crippen molar-refractivity contribution in [2.24, 2.45) is 0 Å². The third kappa shape index (κ3) is 2.12. The number of hydrogen-bond donors (Lipinski definition) is 1. The Balaban J connectivity index is 1.98. The van der Waals surface area contributed by atoms with Crippen LogP contribution >= 0.6 is 0 Å². The van der Waals surface area contributed by atoms with Crippen LogP contribution in [0.4, 0.5) is 5.69 Å². The van der Waals surface area contributed by atoms with E-state index in [0.29, 0.717) is 12.7 Å². The minimum absolute atomic E-state index is 0.304. The summed E-state index contributed by atoms with van der Waals surface area (Å²) in [7, 11) is 0. The fraction of sp³-hybridized carbons (Fsp3) is 0.400. The molecule has 70 valence electrons. The largest absolute Gasteiger partial charge is 0.491 e. The van der Waals surface area contributed by atoms with Crippen molar-refractivity contribution in [1.29, 1.82) is 0 Å². The highest BCUT2D eigenvalue weighted by Crippen LogP contribution is 2.20. The molecular formula is C10H13NO2. The van der Waals surface area contributed by atoms with E-state index in [0.717, 1.165) is 23.6 Å². The molecule has 1 aromatic carbocycles. The van der Waals surface area contributed by atoms with Crippen molar-refractivity contribution in [2.75, 3.05) is 18.9 Å². The molecule has 1 aliphatic heterocycles. The van der Waals surface area contributed by atoms with Crippen molar-refractivity contribution in [3.63, 3.8) is 0 Å². The van der Waals surface area contributed by atoms with Gasteiger partial charge in [-0.2, -0.15) is 0 Å². The second kappa shape index (κ2) is 3.26. The van der Waals surface area contributed by atoms with Gasteiger partial charge in [-0.15, -0.1) is 0 Å². The Labute approximate surface area is 77.5 Å². The summed E-state index contributed by atoms with van der Waals surface area (Å²) in [5.74, 6) is 0.863. The summed E-state index contributed by atoms with van der Waals surface area (Å²) in [6.45, 7) is 3.44. The number of benzene rings is 1. The maximum Gasteiger partial charge on any atom is 0.119 e. The van der Waals surface area contributed by atoms with Crippen LogP contribution in [0.25, 0.3) is 0 Å². The van der Waals surface area contributed by atoms with Crippen LogP contribution in [0, 0.1) is 6.92 Å². The minimum atomic E-state index is 0.304. The third-order valence-corrected chi connectivity index (χ3v) is 2.08. The molecule has 0 spiro atoms. The van der Waals surface area contributed by atoms with Crippen LogP contribution in [0.1, 0.15) is 5.56 Å². The highest BCUT2D eigenvalue weighted by atomic mass is 16.6. The molecule has 1 saturated heterocycles. The predicted octanol–water partition coefficient (Wildman–Crippen LogP) is 1.35. The number of rotatable bonds is 3. The number of epoxide rings is 1. The van der Waals surface area contributed by atoms with Crippen LogP contribution < -0.4 is 10.5 Å². The molecule has 0 bridgehead atoms. The van der Waals surface area contributed by atoms with Crippen molar-refractivity contribution in [1.82, 2.24) is 0 Å². The van der Waals surface area contributed by atoms with E-state index in [1.165, 1.54) is 0 Å². The summed E-state index contributed by atoms with van der Waals surface area (Å²) >= 11 is 0. The number of aryl methyl sites for hydroxylation is 1. The van der Waals surface area contributed by atoms with Gasteiger partial charge in [0.2, 0.25) is 0 Å². The zero-order chi connectivity index (χ0) is 9.26. The SMILES string of the molecule is Cc1cc(OC[C@@H]2CO2)ccc1N. The van der Waals surface area contributed by atoms with E-state index in [-0.39, 0.29) is 0 Å². The maximum absolute atomic E-state index is 5.68. The van der Waals surface area contributed by atoms with E-state index < -0.39 is 0 Å². The molecule has 0 amide bonds. The average Bonchev–Trinajstić information content (AvgIpc) is 2.91. The van der Waals surface area contributed by atoms with Gasteiger partial charge in [0.25, 0.3) is 0 Å². The molecule has 1 atom stereocenters. The molecule has 13 heavy (non-hydrogen) atoms. The number of nitrogens with two attached hydrogens (primary N) is 1. The van der Waals surface area contributed by atoms with Crippen molar-refractivity contribution >= 4 is 5.69 Å². The molecule has 2 N–H and O–H groups in total. The average molecular weight is 179 g/mol. The molecule has 1 heterocycles. The first kappa shape index (κ1) is 8.38. The Morgan fingerprint density at radius 3 is 3.00 bits per heavy atom. The summed E-state index contributed by atoms with van der Waals surface area (Å²) in [5, 5.41) is 0. The fourth-order valence-electron chi connectivity index (χ4n) is 1.09. The molecule has 1 aromatic rings. The zero-order valence-electron chi connectivity index (χ0n) is 7.62. The summed E-state index contributed by atoms with van der Waals surface area (Å²) in [4.78, 5) is 0. The monoisotopic (exact) mass is 179 g/mol. The van der Waals surface area contributed by atoms with E-state index in [9.17, 15) is 0 Å². The molecule has 0 aromatic heterocycles. The van der Waals surface area contributed by atoms with E-state index >= 15 is 0 Å². The van der Waals surface area contributed by atoms with Crippen LogP contribution in [0.3, 0.4) is 0 Å². The van der Waals surface area contributed by atoms with E-state index in [2.05, 4.69) is 0 Å². The summed E-state index contributed by atoms with van der Waals surface area (Å²) in [6.07, 6.45) is 0.304. The molecule has 0 saturated carbocycles. The molecule has 1 fully saturated rings. The Morgan fingerprint density at radius 1 is 1.62 bits per heavy atom. The van der Waals surface area contributed by atoms with Gasteiger partial charge in [0.05, 0.1) is 6.61 Å². The van der Waals surface area contributed by atoms with Gasteiger partial charge in [-0.1, -0.05) is 0 Å². The molecular weight excluding hydrogens is 166 g/mol. The van der Waals surface area contributed by atoms with Gasteiger partial charge >= 0.3 is 0 Å². The van der Waals surface area contributed by atoms with Crippen LogP contribution in [0.2, 0.25) is 0 Å². The lowest BCUT2D eigenvalue weighted by Crippen LogP contribution is -2.04. The first-order chi connectivity index (χ1) is 6.25. The van der Waals surface area contributed by atoms with Crippen molar-refractivity contribution in [3.05, 3.63) is 23.8 Å². The zero-order valence-corrected chi connectivity index (χ0v) is 7.62. The first-order valence-corrected chi connectivity index (χ1v) is 4.36. The fourth-order valence-corrected chi connectivity index (χ4v) is 1.09. The second-order valence-corrected chi connectivity index (χ2v) is 3.28. The van der Waals surface area contributed by atoms with Gasteiger partial charge in [0, 0.05) is 5.69 Å². The molecule has 1 aliphatic rings. The highest BCUT2D eigenvalue weighted by molar-refractivity contribution is 5.49. The van der Waals surface area contributed by atoms with Crippen LogP contribution in [0.15, 0.2) is 18.2 Å². The number of ether oxygens (including phenoxy) is 2. The van der Waals surface area contributed by atoms with Crippen molar-refractivity contribution in [3.8, 4) is 5.75 Å².